The van der Waals surface area contributed by atoms with Crippen LogP contribution in [0.25, 0.3) is 0 Å². The summed E-state index contributed by atoms with van der Waals surface area (Å²) in [4.78, 5) is 0. The van der Waals surface area contributed by atoms with Crippen molar-refractivity contribution in [1.82, 2.24) is 21.3 Å². The second-order valence-corrected chi connectivity index (χ2v) is 20.9. The molecule has 0 aromatic heterocycles. The van der Waals surface area contributed by atoms with Gasteiger partial charge in [-0.3, -0.25) is 0 Å². The van der Waals surface area contributed by atoms with Crippen molar-refractivity contribution in [2.75, 3.05) is 47.4 Å². The molecule has 11 aliphatic heterocycles. The second kappa shape index (κ2) is 27.8. The maximum atomic E-state index is 12.1. The van der Waals surface area contributed by atoms with Crippen LogP contribution in [0.5, 0.6) is 0 Å². The Kier molecular flexibility index (Phi) is 20.8. The summed E-state index contributed by atoms with van der Waals surface area (Å²) in [5.41, 5.74) is 2.55. The van der Waals surface area contributed by atoms with E-state index in [1.807, 2.05) is 24.3 Å². The van der Waals surface area contributed by atoms with Crippen molar-refractivity contribution in [2.24, 2.45) is 0 Å². The molecule has 4 aromatic rings. The molecule has 11 saturated heterocycles. The Hall–Kier alpha value is -5.00. The lowest BCUT2D eigenvalue weighted by molar-refractivity contribution is -0.399. The third-order valence-electron chi connectivity index (χ3n) is 13.7. The number of para-hydroxylation sites is 4. The molecular weight excluding hydrogens is 1120 g/mol. The van der Waals surface area contributed by atoms with Gasteiger partial charge in [0.2, 0.25) is 0 Å². The standard InChI is InChI=1S/C52H64N8O16S4/c61-33-37(65)45-69-29(21-53-49(77)57-25-13-5-1-6-14-25)41(33)73-46-38(66)34(62)43(31(70-46)23-55-51(79)59-27-17-9-3-10-18-27)75-48-40(68)36(64)44(32(72-48)24-56-52(80)60-28-19-11-4-12-20-28)76-47-39(67)35(63)42(74-45)30(71-47)22-54-50(78)58-26-15-7-2-8-16-26/h1-20,29-48,61-68H,21-24H2,(H2,53,57,77)(H2,54,58,78)(H2,55,59,79)(H2,56,60,80)/t29-,30-,31-,32-,33-,34-,35-,36-,37-,38-,39-,40-,41-,42-,43-,44-,45-,46-,47-,48-/m0/s1. The van der Waals surface area contributed by atoms with Gasteiger partial charge in [-0.05, 0) is 97.4 Å². The van der Waals surface area contributed by atoms with Crippen molar-refractivity contribution in [2.45, 2.75) is 123 Å². The van der Waals surface area contributed by atoms with Crippen LogP contribution in [0.2, 0.25) is 0 Å². The molecule has 11 fully saturated rings. The van der Waals surface area contributed by atoms with Gasteiger partial charge in [0.25, 0.3) is 0 Å². The summed E-state index contributed by atoms with van der Waals surface area (Å²) in [5, 5.41) is 121. The lowest BCUT2D eigenvalue weighted by Crippen LogP contribution is -2.70. The minimum Gasteiger partial charge on any atom is -0.387 e. The fourth-order valence-corrected chi connectivity index (χ4v) is 10.4. The van der Waals surface area contributed by atoms with Crippen LogP contribution < -0.4 is 42.5 Å². The Morgan fingerprint density at radius 1 is 0.287 bits per heavy atom. The fraction of sp³-hybridized carbons (Fsp3) is 0.462. The van der Waals surface area contributed by atoms with E-state index in [0.717, 1.165) is 0 Å². The van der Waals surface area contributed by atoms with E-state index in [-0.39, 0.29) is 46.6 Å². The van der Waals surface area contributed by atoms with Crippen LogP contribution in [0.1, 0.15) is 0 Å². The summed E-state index contributed by atoms with van der Waals surface area (Å²) in [6.07, 6.45) is -34.7. The number of hydrogen-bond acceptors (Lipinski definition) is 20. The predicted molar refractivity (Wildman–Crippen MR) is 305 cm³/mol. The molecule has 0 radical (unpaired) electrons. The van der Waals surface area contributed by atoms with Gasteiger partial charge < -0.3 is 121 Å². The van der Waals surface area contributed by atoms with E-state index in [0.29, 0.717) is 22.7 Å². The highest BCUT2D eigenvalue weighted by atomic mass is 32.1. The molecule has 0 aliphatic carbocycles. The lowest BCUT2D eigenvalue weighted by Gasteiger charge is -2.51. The largest absolute Gasteiger partial charge is 0.387 e. The van der Waals surface area contributed by atoms with Gasteiger partial charge in [0.05, 0.1) is 0 Å². The van der Waals surface area contributed by atoms with Gasteiger partial charge in [0.1, 0.15) is 97.7 Å². The monoisotopic (exact) mass is 1180 g/mol. The molecule has 0 unspecified atom stereocenters. The Balaban J connectivity index is 1.05. The Labute approximate surface area is 481 Å². The molecule has 8 bridgehead atoms. The molecule has 16 N–H and O–H groups in total. The van der Waals surface area contributed by atoms with Crippen LogP contribution in [-0.2, 0) is 37.9 Å². The molecule has 0 amide bonds. The molecule has 11 heterocycles. The molecule has 11 aliphatic rings. The molecule has 432 valence electrons. The van der Waals surface area contributed by atoms with Gasteiger partial charge in [-0.25, -0.2) is 0 Å². The second-order valence-electron chi connectivity index (χ2n) is 19.3. The van der Waals surface area contributed by atoms with Gasteiger partial charge in [-0.1, -0.05) is 72.8 Å². The fourth-order valence-electron chi connectivity index (χ4n) is 9.58. The maximum Gasteiger partial charge on any atom is 0.187 e. The zero-order valence-corrected chi connectivity index (χ0v) is 45.7. The highest BCUT2D eigenvalue weighted by Crippen LogP contribution is 2.37. The van der Waals surface area contributed by atoms with Crippen molar-refractivity contribution in [3.8, 4) is 0 Å². The molecule has 15 rings (SSSR count). The molecule has 24 nitrogen and oxygen atoms in total. The minimum atomic E-state index is -1.98. The number of anilines is 4. The molecule has 0 saturated carbocycles. The Bertz CT molecular complexity index is 2300. The molecule has 4 aromatic carbocycles. The normalized spacial score (nSPS) is 35.0. The van der Waals surface area contributed by atoms with Crippen LogP contribution >= 0.6 is 48.9 Å². The molecule has 80 heavy (non-hydrogen) atoms. The third kappa shape index (κ3) is 15.0. The summed E-state index contributed by atoms with van der Waals surface area (Å²) in [6.45, 7) is -1.04. The summed E-state index contributed by atoms with van der Waals surface area (Å²) >= 11 is 22.4. The minimum absolute atomic E-state index is 0.110. The van der Waals surface area contributed by atoms with E-state index in [2.05, 4.69) is 42.5 Å². The average molecular weight is 1190 g/mol. The summed E-state index contributed by atoms with van der Waals surface area (Å²) in [5.74, 6) is 0. The molecular formula is C52H64N8O16S4. The van der Waals surface area contributed by atoms with Gasteiger partial charge in [-0.2, -0.15) is 0 Å². The van der Waals surface area contributed by atoms with Crippen molar-refractivity contribution in [3.63, 3.8) is 0 Å². The number of thiocarbonyl (C=S) groups is 4. The average Bonchev–Trinajstić information content (AvgIpc) is 3.55. The lowest BCUT2D eigenvalue weighted by atomic mass is 9.94. The number of hydrogen-bond donors (Lipinski definition) is 16. The highest BCUT2D eigenvalue weighted by molar-refractivity contribution is 7.81. The first kappa shape index (κ1) is 59.6. The maximum absolute atomic E-state index is 12.1. The first-order valence-electron chi connectivity index (χ1n) is 25.7. The summed E-state index contributed by atoms with van der Waals surface area (Å²) in [7, 11) is 0. The SMILES string of the molecule is O[C@@H]1[C@@H]2O[C@@H]3[C@@H](O)[C@H](O)[C@H](O[C@@H]4[C@@H](O)[C@H](O)[C@H](O[C@@H]5[C@@H](O)[C@H](O)[C@H](O[C@H]([C@H]1O)[C@H](CNC(=S)Nc1ccccc1)O2)O[C@H]5CNC(=S)Nc1ccccc1)O[C@H]4CNC(=S)Nc1ccccc1)O[C@H]3CNC(=S)Nc1ccccc1. The van der Waals surface area contributed by atoms with Crippen LogP contribution in [-0.4, -0.2) is 210 Å². The van der Waals surface area contributed by atoms with Crippen molar-refractivity contribution in [3.05, 3.63) is 121 Å². The first-order valence-corrected chi connectivity index (χ1v) is 27.3. The number of aliphatic hydroxyl groups excluding tert-OH is 8. The zero-order chi connectivity index (χ0) is 56.5. The van der Waals surface area contributed by atoms with E-state index in [1.165, 1.54) is 0 Å². The third-order valence-corrected chi connectivity index (χ3v) is 14.7. The molecule has 0 spiro atoms. The van der Waals surface area contributed by atoms with E-state index in [9.17, 15) is 40.9 Å². The van der Waals surface area contributed by atoms with Crippen molar-refractivity contribution < 1.29 is 78.7 Å². The smallest absolute Gasteiger partial charge is 0.187 e. The number of benzene rings is 4. The number of ether oxygens (including phenoxy) is 8. The summed E-state index contributed by atoms with van der Waals surface area (Å²) < 4.78 is 50.9. The van der Waals surface area contributed by atoms with Gasteiger partial charge in [0.15, 0.2) is 45.6 Å². The highest BCUT2D eigenvalue weighted by Gasteiger charge is 2.57. The first-order chi connectivity index (χ1) is 38.6. The predicted octanol–water partition coefficient (Wildman–Crippen LogP) is -0.726. The Morgan fingerprint density at radius 3 is 0.662 bits per heavy atom. The molecule has 20 atom stereocenters. The van der Waals surface area contributed by atoms with Crippen LogP contribution in [0, 0.1) is 0 Å². The van der Waals surface area contributed by atoms with E-state index in [1.54, 1.807) is 97.1 Å². The van der Waals surface area contributed by atoms with Crippen molar-refractivity contribution in [1.29, 1.82) is 0 Å². The topological polar surface area (TPSA) is 332 Å². The van der Waals surface area contributed by atoms with Gasteiger partial charge in [0, 0.05) is 48.9 Å². The Morgan fingerprint density at radius 2 is 0.475 bits per heavy atom. The molecule has 28 heteroatoms. The van der Waals surface area contributed by atoms with Gasteiger partial charge in [-0.15, -0.1) is 0 Å². The van der Waals surface area contributed by atoms with Gasteiger partial charge >= 0.3 is 0 Å². The number of rotatable bonds is 12. The van der Waals surface area contributed by atoms with Crippen LogP contribution in [0.3, 0.4) is 0 Å². The number of aliphatic hydroxyl groups is 8. The zero-order valence-electron chi connectivity index (χ0n) is 42.4. The van der Waals surface area contributed by atoms with Crippen LogP contribution in [0.4, 0.5) is 22.7 Å². The summed E-state index contributed by atoms with van der Waals surface area (Å²) in [6, 6.07) is 35.9. The number of nitrogens with one attached hydrogen (secondary N) is 8. The van der Waals surface area contributed by atoms with E-state index >= 15 is 0 Å². The van der Waals surface area contributed by atoms with Crippen LogP contribution in [0.15, 0.2) is 121 Å². The quantitative estimate of drug-likeness (QED) is 0.0778. The van der Waals surface area contributed by atoms with E-state index in [4.69, 9.17) is 86.8 Å². The van der Waals surface area contributed by atoms with E-state index < -0.39 is 123 Å². The van der Waals surface area contributed by atoms with Crippen molar-refractivity contribution >= 4 is 92.1 Å².